The molecule has 0 radical (unpaired) electrons. The van der Waals surface area contributed by atoms with E-state index in [-0.39, 0.29) is 0 Å². The Morgan fingerprint density at radius 3 is 2.57 bits per heavy atom. The second-order valence-corrected chi connectivity index (χ2v) is 2.14. The molecule has 0 rings (SSSR count). The Morgan fingerprint density at radius 2 is 2.43 bits per heavy atom. The summed E-state index contributed by atoms with van der Waals surface area (Å²) >= 11 is 1.24. The van der Waals surface area contributed by atoms with E-state index in [0.717, 1.165) is 0 Å². The Kier molecular flexibility index (Phi) is 5.39. The second-order valence-electron chi connectivity index (χ2n) is 0.428. The molecule has 44 valence electrons. The molecule has 0 aromatic carbocycles. The summed E-state index contributed by atoms with van der Waals surface area (Å²) in [6, 6.07) is 0. The molecule has 0 aliphatic carbocycles. The van der Waals surface area contributed by atoms with Crippen LogP contribution in [0.5, 0.6) is 0 Å². The zero-order valence-corrected chi connectivity index (χ0v) is 5.46. The number of hydrogen-bond acceptors (Lipinski definition) is 5. The van der Waals surface area contributed by atoms with Crippen LogP contribution in [-0.4, -0.2) is 8.76 Å². The Balaban J connectivity index is 2.82. The summed E-state index contributed by atoms with van der Waals surface area (Å²) in [7, 11) is 0. The predicted molar refractivity (Wildman–Crippen MR) is 29.5 cm³/mol. The molecule has 0 aliphatic heterocycles. The lowest BCUT2D eigenvalue weighted by Gasteiger charge is -1.86. The molecule has 0 spiro atoms. The highest BCUT2D eigenvalue weighted by Crippen LogP contribution is 2.06. The average molecular weight is 162 g/mol. The Morgan fingerprint density at radius 1 is 1.86 bits per heavy atom. The Bertz CT molecular complexity index is 60.0. The monoisotopic (exact) mass is 162 g/mol. The van der Waals surface area contributed by atoms with Gasteiger partial charge >= 0.3 is 11.4 Å². The molecule has 1 unspecified atom stereocenters. The maximum Gasteiger partial charge on any atom is 0.315 e. The van der Waals surface area contributed by atoms with Crippen molar-refractivity contribution in [3.8, 4) is 0 Å². The van der Waals surface area contributed by atoms with Gasteiger partial charge in [-0.2, -0.15) is 7.84 Å². The molecule has 7 heavy (non-hydrogen) atoms. The van der Waals surface area contributed by atoms with Crippen LogP contribution >= 0.6 is 25.2 Å². The molecule has 0 bridgehead atoms. The Labute approximate surface area is 53.1 Å². The summed E-state index contributed by atoms with van der Waals surface area (Å²) in [6.45, 7) is 0. The molecule has 0 aromatic rings. The molecule has 0 fully saturated rings. The topological polar surface area (TPSA) is 55.8 Å². The SMILES string of the molecule is O=S(O)OSOS. The standard InChI is InChI=1S/H2O4S3/c1-7(2)4-6-3-5/h5H,(H,1,2). The normalized spacial score (nSPS) is 14.0. The van der Waals surface area contributed by atoms with Crippen molar-refractivity contribution in [1.82, 2.24) is 0 Å². The summed E-state index contributed by atoms with van der Waals surface area (Å²) in [5, 5.41) is 0. The van der Waals surface area contributed by atoms with E-state index in [2.05, 4.69) is 20.2 Å². The first-order valence-electron chi connectivity index (χ1n) is 1.03. The molecule has 0 heterocycles. The first kappa shape index (κ1) is 7.73. The van der Waals surface area contributed by atoms with Crippen molar-refractivity contribution in [2.24, 2.45) is 0 Å². The van der Waals surface area contributed by atoms with E-state index in [9.17, 15) is 4.21 Å². The summed E-state index contributed by atoms with van der Waals surface area (Å²) in [5.41, 5.74) is 0. The van der Waals surface area contributed by atoms with Crippen molar-refractivity contribution in [1.29, 1.82) is 0 Å². The van der Waals surface area contributed by atoms with Crippen LogP contribution in [0.25, 0.3) is 0 Å². The van der Waals surface area contributed by atoms with E-state index < -0.39 is 11.4 Å². The van der Waals surface area contributed by atoms with Gasteiger partial charge in [0.2, 0.25) is 0 Å². The fourth-order valence-electron chi connectivity index (χ4n) is 0.0362. The van der Waals surface area contributed by atoms with Crippen LogP contribution in [0.3, 0.4) is 0 Å². The van der Waals surface area contributed by atoms with E-state index in [1.54, 1.807) is 0 Å². The van der Waals surface area contributed by atoms with Gasteiger partial charge in [-0.25, -0.2) is 3.63 Å². The minimum Gasteiger partial charge on any atom is -0.283 e. The third kappa shape index (κ3) is 6.73. The van der Waals surface area contributed by atoms with Crippen LogP contribution in [0.2, 0.25) is 0 Å². The third-order valence-electron chi connectivity index (χ3n) is 0.116. The summed E-state index contributed by atoms with van der Waals surface area (Å²) in [5.74, 6) is 0. The van der Waals surface area contributed by atoms with E-state index in [0.29, 0.717) is 12.3 Å². The van der Waals surface area contributed by atoms with Gasteiger partial charge in [0.05, 0.1) is 0 Å². The molecule has 4 nitrogen and oxygen atoms in total. The number of rotatable bonds is 3. The van der Waals surface area contributed by atoms with Crippen LogP contribution in [0.15, 0.2) is 0 Å². The molecular formula is H2O4S3. The summed E-state index contributed by atoms with van der Waals surface area (Å²) in [4.78, 5) is 0. The van der Waals surface area contributed by atoms with Gasteiger partial charge in [0.15, 0.2) is 12.3 Å². The van der Waals surface area contributed by atoms with Gasteiger partial charge in [-0.15, -0.1) is 0 Å². The van der Waals surface area contributed by atoms with Crippen molar-refractivity contribution in [3.63, 3.8) is 0 Å². The van der Waals surface area contributed by atoms with Crippen LogP contribution in [0, 0.1) is 0 Å². The zero-order valence-electron chi connectivity index (χ0n) is 2.94. The molecule has 0 aliphatic rings. The van der Waals surface area contributed by atoms with Crippen molar-refractivity contribution < 1.29 is 16.0 Å². The highest BCUT2D eigenvalue weighted by Gasteiger charge is 1.90. The summed E-state index contributed by atoms with van der Waals surface area (Å²) < 4.78 is 25.0. The van der Waals surface area contributed by atoms with Gasteiger partial charge in [-0.05, 0) is 12.9 Å². The first-order chi connectivity index (χ1) is 3.27. The van der Waals surface area contributed by atoms with Crippen LogP contribution in [0.1, 0.15) is 0 Å². The van der Waals surface area contributed by atoms with Gasteiger partial charge in [0.25, 0.3) is 0 Å². The molecule has 1 N–H and O–H groups in total. The molecular weight excluding hydrogens is 160 g/mol. The molecule has 1 atom stereocenters. The van der Waals surface area contributed by atoms with Gasteiger partial charge in [-0.3, -0.25) is 4.55 Å². The zero-order chi connectivity index (χ0) is 5.70. The van der Waals surface area contributed by atoms with E-state index in [1.165, 1.54) is 0 Å². The minimum absolute atomic E-state index is 0.330. The van der Waals surface area contributed by atoms with Gasteiger partial charge in [-0.1, -0.05) is 0 Å². The smallest absolute Gasteiger partial charge is 0.283 e. The van der Waals surface area contributed by atoms with Crippen LogP contribution in [0.4, 0.5) is 0 Å². The lowest BCUT2D eigenvalue weighted by atomic mass is 15.8. The summed E-state index contributed by atoms with van der Waals surface area (Å²) in [6.07, 6.45) is 0. The van der Waals surface area contributed by atoms with Crippen molar-refractivity contribution >= 4 is 36.6 Å². The molecule has 0 saturated heterocycles. The fourth-order valence-corrected chi connectivity index (χ4v) is 0.549. The minimum atomic E-state index is -2.28. The number of thiol groups is 1. The fraction of sp³-hybridized carbons (Fsp3) is 0. The van der Waals surface area contributed by atoms with Gasteiger partial charge in [0.1, 0.15) is 0 Å². The average Bonchev–Trinajstić information content (AvgIpc) is 1.61. The highest BCUT2D eigenvalue weighted by atomic mass is 32.3. The second kappa shape index (κ2) is 4.88. The lowest BCUT2D eigenvalue weighted by molar-refractivity contribution is 0.474. The van der Waals surface area contributed by atoms with E-state index in [4.69, 9.17) is 4.55 Å². The van der Waals surface area contributed by atoms with Crippen LogP contribution in [-0.2, 0) is 18.6 Å². The predicted octanol–water partition coefficient (Wildman–Crippen LogP) is 0.564. The van der Waals surface area contributed by atoms with E-state index >= 15 is 0 Å². The van der Waals surface area contributed by atoms with Crippen molar-refractivity contribution in [3.05, 3.63) is 0 Å². The molecule has 7 heteroatoms. The quantitative estimate of drug-likeness (QED) is 0.361. The third-order valence-corrected chi connectivity index (χ3v) is 1.05. The van der Waals surface area contributed by atoms with Crippen molar-refractivity contribution in [2.75, 3.05) is 0 Å². The highest BCUT2D eigenvalue weighted by molar-refractivity contribution is 8.02. The molecule has 0 amide bonds. The first-order valence-corrected chi connectivity index (χ1v) is 3.10. The largest absolute Gasteiger partial charge is 0.315 e. The lowest BCUT2D eigenvalue weighted by Crippen LogP contribution is -1.83. The maximum absolute atomic E-state index is 9.51. The number of hydrogen-bond donors (Lipinski definition) is 2. The van der Waals surface area contributed by atoms with Crippen molar-refractivity contribution in [2.45, 2.75) is 0 Å². The van der Waals surface area contributed by atoms with E-state index in [1.807, 2.05) is 0 Å². The molecule has 0 aromatic heterocycles. The van der Waals surface area contributed by atoms with Gasteiger partial charge < -0.3 is 0 Å². The van der Waals surface area contributed by atoms with Crippen LogP contribution < -0.4 is 0 Å². The maximum atomic E-state index is 9.51. The van der Waals surface area contributed by atoms with Gasteiger partial charge in [0, 0.05) is 0 Å². The molecule has 0 saturated carbocycles. The Hall–Kier alpha value is 0.730.